The fourth-order valence-corrected chi connectivity index (χ4v) is 10.3. The fraction of sp³-hybridized carbons (Fsp3) is 0. The number of furan rings is 1. The van der Waals surface area contributed by atoms with Crippen LogP contribution >= 0.6 is 0 Å². The molecule has 0 saturated carbocycles. The summed E-state index contributed by atoms with van der Waals surface area (Å²) in [6, 6.07) is 82.8. The summed E-state index contributed by atoms with van der Waals surface area (Å²) in [5.74, 6) is 1.80. The summed E-state index contributed by atoms with van der Waals surface area (Å²) < 4.78 is 8.83. The molecule has 0 radical (unpaired) electrons. The highest BCUT2D eigenvalue weighted by Gasteiger charge is 2.20. The van der Waals surface area contributed by atoms with Crippen LogP contribution in [0.2, 0.25) is 0 Å². The summed E-state index contributed by atoms with van der Waals surface area (Å²) in [4.78, 5) is 20.7. The van der Waals surface area contributed by atoms with Crippen LogP contribution in [0, 0.1) is 0 Å². The van der Waals surface area contributed by atoms with Gasteiger partial charge in [0.2, 0.25) is 0 Å². The van der Waals surface area contributed by atoms with E-state index in [0.29, 0.717) is 17.5 Å². The zero-order valence-corrected chi connectivity index (χ0v) is 37.7. The second kappa shape index (κ2) is 16.1. The topological polar surface area (TPSA) is 69.6 Å². The zero-order valence-electron chi connectivity index (χ0n) is 37.7. The molecular formula is C64H39N5O. The molecule has 0 aliphatic rings. The van der Waals surface area contributed by atoms with E-state index in [2.05, 4.69) is 193 Å². The molecule has 6 heteroatoms. The minimum absolute atomic E-state index is 0.593. The lowest BCUT2D eigenvalue weighted by molar-refractivity contribution is 0.670. The highest BCUT2D eigenvalue weighted by atomic mass is 16.3. The highest BCUT2D eigenvalue weighted by Crippen LogP contribution is 2.42. The van der Waals surface area contributed by atoms with Gasteiger partial charge in [0, 0.05) is 65.8 Å². The Balaban J connectivity index is 0.889. The van der Waals surface area contributed by atoms with Crippen LogP contribution in [0.3, 0.4) is 0 Å². The van der Waals surface area contributed by atoms with Gasteiger partial charge in [-0.25, -0.2) is 19.9 Å². The molecule has 4 aromatic heterocycles. The van der Waals surface area contributed by atoms with Gasteiger partial charge in [-0.3, -0.25) is 0 Å². The third kappa shape index (κ3) is 6.57. The SMILES string of the molecule is c1ccc(-c2nc(-c3ccc(-c4ccc5nc(-c6ccccc6)c6cc7c8ccccc8n(-c8ccccc8)c7cc6c5c4)cc3)nc(-c3cccc(-c4cccc5c4oc4ccccc45)c3)n2)cc1. The standard InChI is InChI=1S/C64H39N5O/c1-4-16-41(17-5-1)60-55-38-54-49-24-10-12-28-57(49)69(47-22-8-3-9-23-47)58(54)39-52(55)53-37-44(34-35-56(53)65-60)40-30-32-43(33-31-40)63-66-62(42-18-6-2-7-19-42)67-64(68-63)46-21-14-20-45(36-46)48-26-15-27-51-50-25-11-13-29-59(50)70-61(48)51/h1-39H. The first-order valence-corrected chi connectivity index (χ1v) is 23.5. The Labute approximate surface area is 402 Å². The van der Waals surface area contributed by atoms with E-state index in [4.69, 9.17) is 24.4 Å². The molecule has 0 unspecified atom stereocenters. The highest BCUT2D eigenvalue weighted by molar-refractivity contribution is 6.20. The largest absolute Gasteiger partial charge is 0.455 e. The summed E-state index contributed by atoms with van der Waals surface area (Å²) in [6.07, 6.45) is 0. The molecule has 4 heterocycles. The molecule has 0 spiro atoms. The predicted molar refractivity (Wildman–Crippen MR) is 287 cm³/mol. The lowest BCUT2D eigenvalue weighted by atomic mass is 9.95. The molecule has 0 saturated heterocycles. The van der Waals surface area contributed by atoms with Crippen molar-refractivity contribution in [2.24, 2.45) is 0 Å². The van der Waals surface area contributed by atoms with Gasteiger partial charge in [0.05, 0.1) is 22.2 Å². The number of hydrogen-bond donors (Lipinski definition) is 0. The number of aromatic nitrogens is 5. The molecule has 0 aliphatic carbocycles. The van der Waals surface area contributed by atoms with Crippen molar-refractivity contribution >= 4 is 65.4 Å². The first kappa shape index (κ1) is 39.6. The molecule has 326 valence electrons. The number of para-hydroxylation sites is 4. The number of hydrogen-bond acceptors (Lipinski definition) is 5. The molecule has 6 nitrogen and oxygen atoms in total. The molecule has 0 aliphatic heterocycles. The average Bonchev–Trinajstić information content (AvgIpc) is 3.98. The molecule has 0 amide bonds. The van der Waals surface area contributed by atoms with E-state index in [0.717, 1.165) is 105 Å². The van der Waals surface area contributed by atoms with E-state index < -0.39 is 0 Å². The second-order valence-electron chi connectivity index (χ2n) is 17.8. The quantitative estimate of drug-likeness (QED) is 0.149. The van der Waals surface area contributed by atoms with Gasteiger partial charge in [-0.2, -0.15) is 0 Å². The molecule has 10 aromatic carbocycles. The van der Waals surface area contributed by atoms with Crippen molar-refractivity contribution in [3.63, 3.8) is 0 Å². The van der Waals surface area contributed by atoms with Crippen LogP contribution in [0.25, 0.3) is 139 Å². The number of fused-ring (bicyclic) bond motifs is 9. The maximum absolute atomic E-state index is 6.44. The second-order valence-corrected chi connectivity index (χ2v) is 17.8. The van der Waals surface area contributed by atoms with Gasteiger partial charge >= 0.3 is 0 Å². The third-order valence-corrected chi connectivity index (χ3v) is 13.6. The summed E-state index contributed by atoms with van der Waals surface area (Å²) >= 11 is 0. The summed E-state index contributed by atoms with van der Waals surface area (Å²) in [5, 5.41) is 7.96. The lowest BCUT2D eigenvalue weighted by Gasteiger charge is -2.14. The molecule has 0 bridgehead atoms. The number of nitrogens with zero attached hydrogens (tertiary/aromatic N) is 5. The molecule has 0 atom stereocenters. The Bertz CT molecular complexity index is 4330. The summed E-state index contributed by atoms with van der Waals surface area (Å²) in [6.45, 7) is 0. The maximum Gasteiger partial charge on any atom is 0.164 e. The first-order valence-electron chi connectivity index (χ1n) is 23.5. The number of benzene rings is 10. The Morgan fingerprint density at radius 3 is 1.67 bits per heavy atom. The molecule has 14 rings (SSSR count). The average molecular weight is 894 g/mol. The van der Waals surface area contributed by atoms with Crippen molar-refractivity contribution in [3.8, 4) is 73.4 Å². The van der Waals surface area contributed by atoms with E-state index in [1.165, 1.54) is 16.3 Å². The van der Waals surface area contributed by atoms with Crippen LogP contribution < -0.4 is 0 Å². The van der Waals surface area contributed by atoms with Crippen molar-refractivity contribution in [1.29, 1.82) is 0 Å². The number of pyridine rings is 1. The lowest BCUT2D eigenvalue weighted by Crippen LogP contribution is -2.00. The number of rotatable bonds is 7. The van der Waals surface area contributed by atoms with Gasteiger partial charge in [-0.1, -0.05) is 182 Å². The van der Waals surface area contributed by atoms with Gasteiger partial charge in [0.25, 0.3) is 0 Å². The van der Waals surface area contributed by atoms with Crippen molar-refractivity contribution < 1.29 is 4.42 Å². The van der Waals surface area contributed by atoms with E-state index in [1.807, 2.05) is 48.5 Å². The normalized spacial score (nSPS) is 11.7. The molecular weight excluding hydrogens is 855 g/mol. The minimum Gasteiger partial charge on any atom is -0.455 e. The van der Waals surface area contributed by atoms with Crippen LogP contribution in [0.1, 0.15) is 0 Å². The van der Waals surface area contributed by atoms with E-state index >= 15 is 0 Å². The Kier molecular flexibility index (Phi) is 9.10. The Hall–Kier alpha value is -9.52. The molecule has 14 aromatic rings. The van der Waals surface area contributed by atoms with Gasteiger partial charge in [0.15, 0.2) is 17.5 Å². The van der Waals surface area contributed by atoms with Crippen molar-refractivity contribution in [3.05, 3.63) is 237 Å². The summed E-state index contributed by atoms with van der Waals surface area (Å²) in [5.41, 5.74) is 15.1. The molecule has 0 N–H and O–H groups in total. The van der Waals surface area contributed by atoms with Crippen LogP contribution in [-0.2, 0) is 0 Å². The van der Waals surface area contributed by atoms with Crippen molar-refractivity contribution in [1.82, 2.24) is 24.5 Å². The van der Waals surface area contributed by atoms with E-state index in [1.54, 1.807) is 0 Å². The fourth-order valence-electron chi connectivity index (χ4n) is 10.3. The third-order valence-electron chi connectivity index (χ3n) is 13.6. The van der Waals surface area contributed by atoms with Gasteiger partial charge in [-0.05, 0) is 76.7 Å². The predicted octanol–water partition coefficient (Wildman–Crippen LogP) is 16.6. The van der Waals surface area contributed by atoms with Gasteiger partial charge in [0.1, 0.15) is 11.2 Å². The minimum atomic E-state index is 0.593. The van der Waals surface area contributed by atoms with Gasteiger partial charge < -0.3 is 8.98 Å². The van der Waals surface area contributed by atoms with Crippen molar-refractivity contribution in [2.75, 3.05) is 0 Å². The van der Waals surface area contributed by atoms with Crippen molar-refractivity contribution in [2.45, 2.75) is 0 Å². The smallest absolute Gasteiger partial charge is 0.164 e. The first-order chi connectivity index (χ1) is 34.7. The van der Waals surface area contributed by atoms with Gasteiger partial charge in [-0.15, -0.1) is 0 Å². The van der Waals surface area contributed by atoms with Crippen LogP contribution in [0.5, 0.6) is 0 Å². The van der Waals surface area contributed by atoms with Crippen LogP contribution in [-0.4, -0.2) is 24.5 Å². The Morgan fingerprint density at radius 1 is 0.300 bits per heavy atom. The molecule has 0 fully saturated rings. The van der Waals surface area contributed by atoms with E-state index in [9.17, 15) is 0 Å². The van der Waals surface area contributed by atoms with E-state index in [-0.39, 0.29) is 0 Å². The molecule has 70 heavy (non-hydrogen) atoms. The monoisotopic (exact) mass is 893 g/mol. The summed E-state index contributed by atoms with van der Waals surface area (Å²) in [7, 11) is 0. The van der Waals surface area contributed by atoms with Crippen LogP contribution in [0.4, 0.5) is 0 Å². The zero-order chi connectivity index (χ0) is 46.1. The van der Waals surface area contributed by atoms with Crippen LogP contribution in [0.15, 0.2) is 241 Å². The Morgan fingerprint density at radius 2 is 0.886 bits per heavy atom. The maximum atomic E-state index is 6.44.